The first-order valence-corrected chi connectivity index (χ1v) is 7.30. The van der Waals surface area contributed by atoms with Crippen LogP contribution >= 0.6 is 15.9 Å². The van der Waals surface area contributed by atoms with Gasteiger partial charge in [-0.05, 0) is 47.7 Å². The van der Waals surface area contributed by atoms with E-state index in [1.165, 1.54) is 12.8 Å². The minimum Gasteiger partial charge on any atom is -0.348 e. The van der Waals surface area contributed by atoms with Crippen LogP contribution in [0.4, 0.5) is 0 Å². The zero-order valence-corrected chi connectivity index (χ0v) is 12.0. The zero-order valence-electron chi connectivity index (χ0n) is 10.4. The first-order valence-electron chi connectivity index (χ1n) is 6.50. The number of hydrogen-bond acceptors (Lipinski definition) is 2. The van der Waals surface area contributed by atoms with Crippen LogP contribution in [0, 0.1) is 0 Å². The molecule has 2 saturated heterocycles. The van der Waals surface area contributed by atoms with Gasteiger partial charge in [0.15, 0.2) is 0 Å². The number of nitrogens with zero attached hydrogens (tertiary/aromatic N) is 1. The van der Waals surface area contributed by atoms with Crippen molar-refractivity contribution in [2.75, 3.05) is 0 Å². The van der Waals surface area contributed by atoms with E-state index < -0.39 is 0 Å². The van der Waals surface area contributed by atoms with Gasteiger partial charge in [-0.3, -0.25) is 4.79 Å². The Hall–Kier alpha value is -0.810. The van der Waals surface area contributed by atoms with Crippen LogP contribution in [0.5, 0.6) is 0 Å². The standard InChI is InChI=1S/C13H18BrN3O/c1-17-7-8(14)4-12(17)13(18)16-11-5-9-2-3-10(6-11)15-9/h4,7,9-11,15H,2-3,5-6H2,1H3,(H,16,18). The molecule has 2 bridgehead atoms. The van der Waals surface area contributed by atoms with Crippen LogP contribution in [0.2, 0.25) is 0 Å². The quantitative estimate of drug-likeness (QED) is 0.875. The van der Waals surface area contributed by atoms with E-state index in [1.54, 1.807) is 0 Å². The highest BCUT2D eigenvalue weighted by Crippen LogP contribution is 2.27. The van der Waals surface area contributed by atoms with Crippen molar-refractivity contribution in [1.82, 2.24) is 15.2 Å². The van der Waals surface area contributed by atoms with Gasteiger partial charge in [0.25, 0.3) is 5.91 Å². The molecule has 0 aromatic carbocycles. The molecule has 0 saturated carbocycles. The molecule has 1 aromatic rings. The summed E-state index contributed by atoms with van der Waals surface area (Å²) in [6, 6.07) is 3.40. The van der Waals surface area contributed by atoms with Crippen LogP contribution in [-0.2, 0) is 7.05 Å². The monoisotopic (exact) mass is 311 g/mol. The van der Waals surface area contributed by atoms with Crippen molar-refractivity contribution in [3.8, 4) is 0 Å². The third-order valence-corrected chi connectivity index (χ3v) is 4.45. The molecule has 18 heavy (non-hydrogen) atoms. The highest BCUT2D eigenvalue weighted by atomic mass is 79.9. The summed E-state index contributed by atoms with van der Waals surface area (Å²) in [4.78, 5) is 12.2. The van der Waals surface area contributed by atoms with Gasteiger partial charge in [0, 0.05) is 35.8 Å². The zero-order chi connectivity index (χ0) is 12.7. The molecule has 2 aliphatic heterocycles. The minimum absolute atomic E-state index is 0.0366. The number of rotatable bonds is 2. The molecule has 4 nitrogen and oxygen atoms in total. The lowest BCUT2D eigenvalue weighted by Crippen LogP contribution is -2.48. The fourth-order valence-electron chi connectivity index (χ4n) is 3.18. The first-order chi connectivity index (χ1) is 8.61. The first kappa shape index (κ1) is 12.2. The van der Waals surface area contributed by atoms with Gasteiger partial charge in [0.1, 0.15) is 5.69 Å². The summed E-state index contributed by atoms with van der Waals surface area (Å²) in [5.41, 5.74) is 0.716. The molecule has 3 heterocycles. The van der Waals surface area contributed by atoms with E-state index in [0.717, 1.165) is 17.3 Å². The van der Waals surface area contributed by atoms with Gasteiger partial charge >= 0.3 is 0 Å². The molecule has 1 aromatic heterocycles. The topological polar surface area (TPSA) is 46.1 Å². The van der Waals surface area contributed by atoms with Crippen molar-refractivity contribution < 1.29 is 4.79 Å². The number of carbonyl (C=O) groups is 1. The predicted molar refractivity (Wildman–Crippen MR) is 73.5 cm³/mol. The van der Waals surface area contributed by atoms with Crippen molar-refractivity contribution >= 4 is 21.8 Å². The van der Waals surface area contributed by atoms with Crippen molar-refractivity contribution in [2.24, 2.45) is 7.05 Å². The molecule has 2 atom stereocenters. The number of carbonyl (C=O) groups excluding carboxylic acids is 1. The Morgan fingerprint density at radius 3 is 2.67 bits per heavy atom. The molecular weight excluding hydrogens is 294 g/mol. The van der Waals surface area contributed by atoms with E-state index >= 15 is 0 Å². The van der Waals surface area contributed by atoms with E-state index in [1.807, 2.05) is 23.9 Å². The number of halogens is 1. The van der Waals surface area contributed by atoms with Crippen molar-refractivity contribution in [3.63, 3.8) is 0 Å². The Labute approximate surface area is 115 Å². The maximum absolute atomic E-state index is 12.2. The molecule has 5 heteroatoms. The van der Waals surface area contributed by atoms with Crippen LogP contribution in [0.25, 0.3) is 0 Å². The van der Waals surface area contributed by atoms with Crippen molar-refractivity contribution in [3.05, 3.63) is 22.4 Å². The summed E-state index contributed by atoms with van der Waals surface area (Å²) in [5.74, 6) is 0.0366. The Morgan fingerprint density at radius 2 is 2.11 bits per heavy atom. The maximum Gasteiger partial charge on any atom is 0.268 e. The van der Waals surface area contributed by atoms with Crippen LogP contribution in [0.3, 0.4) is 0 Å². The van der Waals surface area contributed by atoms with Crippen LogP contribution in [-0.4, -0.2) is 28.6 Å². The number of nitrogens with one attached hydrogen (secondary N) is 2. The van der Waals surface area contributed by atoms with Gasteiger partial charge in [-0.25, -0.2) is 0 Å². The number of aromatic nitrogens is 1. The third kappa shape index (κ3) is 2.34. The van der Waals surface area contributed by atoms with Crippen LogP contribution < -0.4 is 10.6 Å². The third-order valence-electron chi connectivity index (χ3n) is 4.01. The van der Waals surface area contributed by atoms with Crippen LogP contribution in [0.1, 0.15) is 36.2 Å². The minimum atomic E-state index is 0.0366. The SMILES string of the molecule is Cn1cc(Br)cc1C(=O)NC1CC2CCC(C1)N2. The number of fused-ring (bicyclic) bond motifs is 2. The van der Waals surface area contributed by atoms with Gasteiger partial charge in [-0.15, -0.1) is 0 Å². The summed E-state index contributed by atoms with van der Waals surface area (Å²) < 4.78 is 2.80. The van der Waals surface area contributed by atoms with Crippen molar-refractivity contribution in [2.45, 2.75) is 43.8 Å². The van der Waals surface area contributed by atoms with E-state index in [2.05, 4.69) is 26.6 Å². The second-order valence-electron chi connectivity index (χ2n) is 5.43. The molecule has 2 unspecified atom stereocenters. The summed E-state index contributed by atoms with van der Waals surface area (Å²) in [6.45, 7) is 0. The van der Waals surface area contributed by atoms with Gasteiger partial charge in [0.2, 0.25) is 0 Å². The smallest absolute Gasteiger partial charge is 0.268 e. The van der Waals surface area contributed by atoms with Crippen molar-refractivity contribution in [1.29, 1.82) is 0 Å². The lowest BCUT2D eigenvalue weighted by Gasteiger charge is -2.29. The Bertz CT molecular complexity index is 459. The fraction of sp³-hybridized carbons (Fsp3) is 0.615. The molecule has 2 fully saturated rings. The summed E-state index contributed by atoms with van der Waals surface area (Å²) >= 11 is 3.39. The maximum atomic E-state index is 12.2. The van der Waals surface area contributed by atoms with E-state index in [4.69, 9.17) is 0 Å². The Balaban J connectivity index is 1.66. The molecule has 98 valence electrons. The largest absolute Gasteiger partial charge is 0.348 e. The number of hydrogen-bond donors (Lipinski definition) is 2. The van der Waals surface area contributed by atoms with Gasteiger partial charge in [0.05, 0.1) is 0 Å². The molecular formula is C13H18BrN3O. The lowest BCUT2D eigenvalue weighted by molar-refractivity contribution is 0.0915. The molecule has 0 spiro atoms. The second kappa shape index (κ2) is 4.70. The normalized spacial score (nSPS) is 30.4. The van der Waals surface area contributed by atoms with Gasteiger partial charge < -0.3 is 15.2 Å². The fourth-order valence-corrected chi connectivity index (χ4v) is 3.71. The second-order valence-corrected chi connectivity index (χ2v) is 6.35. The van der Waals surface area contributed by atoms with E-state index in [0.29, 0.717) is 23.8 Å². The molecule has 2 N–H and O–H groups in total. The number of piperidine rings is 1. The lowest BCUT2D eigenvalue weighted by atomic mass is 10.00. The Morgan fingerprint density at radius 1 is 1.44 bits per heavy atom. The summed E-state index contributed by atoms with van der Waals surface area (Å²) in [7, 11) is 1.89. The average Bonchev–Trinajstić information content (AvgIpc) is 2.81. The molecule has 3 rings (SSSR count). The molecule has 0 radical (unpaired) electrons. The van der Waals surface area contributed by atoms with Crippen LogP contribution in [0.15, 0.2) is 16.7 Å². The highest BCUT2D eigenvalue weighted by molar-refractivity contribution is 9.10. The molecule has 0 aliphatic carbocycles. The van der Waals surface area contributed by atoms with E-state index in [-0.39, 0.29) is 5.91 Å². The molecule has 1 amide bonds. The summed E-state index contributed by atoms with van der Waals surface area (Å²) in [5, 5.41) is 6.75. The highest BCUT2D eigenvalue weighted by Gasteiger charge is 2.34. The summed E-state index contributed by atoms with van der Waals surface area (Å²) in [6.07, 6.45) is 6.54. The number of amides is 1. The predicted octanol–water partition coefficient (Wildman–Crippen LogP) is 1.80. The van der Waals surface area contributed by atoms with Gasteiger partial charge in [-0.2, -0.15) is 0 Å². The Kier molecular flexibility index (Phi) is 3.20. The van der Waals surface area contributed by atoms with E-state index in [9.17, 15) is 4.79 Å². The molecule has 2 aliphatic rings. The van der Waals surface area contributed by atoms with Gasteiger partial charge in [-0.1, -0.05) is 0 Å². The number of aryl methyl sites for hydroxylation is 1. The average molecular weight is 312 g/mol.